The highest BCUT2D eigenvalue weighted by atomic mass is 17.2. The number of ether oxygens (including phenoxy) is 2. The van der Waals surface area contributed by atoms with Crippen LogP contribution < -0.4 is 0 Å². The third-order valence-corrected chi connectivity index (χ3v) is 11.3. The Balaban J connectivity index is 1.56. The maximum absolute atomic E-state index is 12.5. The van der Waals surface area contributed by atoms with Crippen molar-refractivity contribution in [3.8, 4) is 11.8 Å². The third kappa shape index (κ3) is 5.98. The van der Waals surface area contributed by atoms with E-state index in [4.69, 9.17) is 19.2 Å². The van der Waals surface area contributed by atoms with E-state index in [9.17, 15) is 9.59 Å². The minimum Gasteiger partial charge on any atom is -0.463 e. The van der Waals surface area contributed by atoms with Crippen molar-refractivity contribution in [3.63, 3.8) is 0 Å². The van der Waals surface area contributed by atoms with Gasteiger partial charge in [-0.05, 0) is 121 Å². The Kier molecular flexibility index (Phi) is 8.82. The zero-order valence-corrected chi connectivity index (χ0v) is 26.6. The Bertz CT molecular complexity index is 1020. The van der Waals surface area contributed by atoms with Crippen molar-refractivity contribution in [1.82, 2.24) is 0 Å². The second kappa shape index (κ2) is 11.3. The molecule has 4 saturated carbocycles. The van der Waals surface area contributed by atoms with E-state index in [-0.39, 0.29) is 28.9 Å². The summed E-state index contributed by atoms with van der Waals surface area (Å²) in [6.45, 7) is 17.9. The molecule has 6 nitrogen and oxygen atoms in total. The predicted octanol–water partition coefficient (Wildman–Crippen LogP) is 7.57. The minimum absolute atomic E-state index is 0.0708. The number of carbonyl (C=O) groups is 2. The van der Waals surface area contributed by atoms with E-state index in [1.54, 1.807) is 0 Å². The number of esters is 2. The second-order valence-corrected chi connectivity index (χ2v) is 15.0. The fourth-order valence-electron chi connectivity index (χ4n) is 9.34. The molecule has 0 bridgehead atoms. The van der Waals surface area contributed by atoms with Gasteiger partial charge in [-0.2, -0.15) is 0 Å². The maximum Gasteiger partial charge on any atom is 0.304 e. The van der Waals surface area contributed by atoms with Crippen LogP contribution in [0.3, 0.4) is 0 Å². The molecule has 0 aromatic rings. The summed E-state index contributed by atoms with van der Waals surface area (Å²) < 4.78 is 11.9. The minimum atomic E-state index is -0.837. The molecule has 6 heteroatoms. The average molecular weight is 559 g/mol. The van der Waals surface area contributed by atoms with Crippen molar-refractivity contribution in [3.05, 3.63) is 0 Å². The highest BCUT2D eigenvalue weighted by Crippen LogP contribution is 2.69. The molecule has 4 aliphatic carbocycles. The molecule has 40 heavy (non-hydrogen) atoms. The van der Waals surface area contributed by atoms with Crippen LogP contribution in [0.25, 0.3) is 0 Å². The molecule has 0 saturated heterocycles. The van der Waals surface area contributed by atoms with Crippen molar-refractivity contribution >= 4 is 11.9 Å². The Morgan fingerprint density at radius 1 is 0.875 bits per heavy atom. The molecule has 4 rings (SSSR count). The summed E-state index contributed by atoms with van der Waals surface area (Å²) in [6, 6.07) is 0. The summed E-state index contributed by atoms with van der Waals surface area (Å²) in [5.74, 6) is 8.76. The molecule has 4 aliphatic rings. The van der Waals surface area contributed by atoms with E-state index >= 15 is 0 Å². The highest BCUT2D eigenvalue weighted by molar-refractivity contribution is 5.67. The van der Waals surface area contributed by atoms with Crippen LogP contribution in [0.2, 0.25) is 0 Å². The molecule has 0 spiro atoms. The monoisotopic (exact) mass is 558 g/mol. The van der Waals surface area contributed by atoms with Gasteiger partial charge in [0.05, 0.1) is 5.60 Å². The summed E-state index contributed by atoms with van der Waals surface area (Å²) in [5.41, 5.74) is -1.98. The van der Waals surface area contributed by atoms with Gasteiger partial charge in [0.2, 0.25) is 0 Å². The van der Waals surface area contributed by atoms with E-state index in [0.29, 0.717) is 23.7 Å². The Hall–Kier alpha value is -1.58. The van der Waals surface area contributed by atoms with E-state index < -0.39 is 16.8 Å². The van der Waals surface area contributed by atoms with Crippen LogP contribution in [0, 0.1) is 46.3 Å². The van der Waals surface area contributed by atoms with E-state index in [1.807, 2.05) is 27.7 Å². The summed E-state index contributed by atoms with van der Waals surface area (Å²) in [7, 11) is 0. The first kappa shape index (κ1) is 31.4. The van der Waals surface area contributed by atoms with Gasteiger partial charge in [0.25, 0.3) is 0 Å². The number of hydrogen-bond donors (Lipinski definition) is 0. The van der Waals surface area contributed by atoms with Crippen LogP contribution in [0.15, 0.2) is 0 Å². The van der Waals surface area contributed by atoms with Crippen LogP contribution in [0.4, 0.5) is 0 Å². The first-order chi connectivity index (χ1) is 18.6. The zero-order chi connectivity index (χ0) is 29.6. The van der Waals surface area contributed by atoms with Gasteiger partial charge in [-0.25, -0.2) is 9.78 Å². The first-order valence-electron chi connectivity index (χ1n) is 15.8. The van der Waals surface area contributed by atoms with Gasteiger partial charge < -0.3 is 9.47 Å². The standard InChI is InChI=1S/C34H54O6/c1-10-16-30(4,5)39-40-31(6,7)20-21-34(38-24(3)36)19-15-29-27-12-11-25-22-26(37-23(2)35)13-17-32(25,8)28(27)14-18-33(29,34)9/h25-29H,10-19,22H2,1-9H3/t25-,26+,27+,28-,29-,32-,33-,34-/m0/s1. The van der Waals surface area contributed by atoms with Crippen LogP contribution in [-0.4, -0.2) is 34.8 Å². The lowest BCUT2D eigenvalue weighted by molar-refractivity contribution is -0.389. The van der Waals surface area contributed by atoms with E-state index in [1.165, 1.54) is 26.7 Å². The molecule has 0 heterocycles. The summed E-state index contributed by atoms with van der Waals surface area (Å²) >= 11 is 0. The lowest BCUT2D eigenvalue weighted by Crippen LogP contribution is -2.57. The normalized spacial score (nSPS) is 39.2. The van der Waals surface area contributed by atoms with Gasteiger partial charge in [-0.15, -0.1) is 0 Å². The van der Waals surface area contributed by atoms with Gasteiger partial charge in [0.15, 0.2) is 11.2 Å². The van der Waals surface area contributed by atoms with Crippen molar-refractivity contribution in [2.45, 2.75) is 156 Å². The number of carbonyl (C=O) groups excluding carboxylic acids is 2. The van der Waals surface area contributed by atoms with Crippen molar-refractivity contribution in [2.24, 2.45) is 34.5 Å². The molecule has 0 amide bonds. The Morgan fingerprint density at radius 2 is 1.57 bits per heavy atom. The average Bonchev–Trinajstić information content (AvgIpc) is 3.13. The molecule has 0 aliphatic heterocycles. The van der Waals surface area contributed by atoms with E-state index in [0.717, 1.165) is 57.8 Å². The molecule has 0 aromatic heterocycles. The second-order valence-electron chi connectivity index (χ2n) is 15.0. The third-order valence-electron chi connectivity index (χ3n) is 11.3. The lowest BCUT2D eigenvalue weighted by atomic mass is 9.44. The lowest BCUT2D eigenvalue weighted by Gasteiger charge is -2.61. The van der Waals surface area contributed by atoms with Gasteiger partial charge in [-0.1, -0.05) is 39.0 Å². The number of rotatable bonds is 7. The topological polar surface area (TPSA) is 71.1 Å². The summed E-state index contributed by atoms with van der Waals surface area (Å²) in [5, 5.41) is 0. The first-order valence-corrected chi connectivity index (χ1v) is 15.8. The van der Waals surface area contributed by atoms with Gasteiger partial charge in [0, 0.05) is 19.3 Å². The van der Waals surface area contributed by atoms with Crippen LogP contribution in [-0.2, 0) is 28.8 Å². The summed E-state index contributed by atoms with van der Waals surface area (Å²) in [6.07, 6.45) is 11.3. The molecule has 0 unspecified atom stereocenters. The highest BCUT2D eigenvalue weighted by Gasteiger charge is 2.66. The zero-order valence-electron chi connectivity index (χ0n) is 26.6. The fourth-order valence-corrected chi connectivity index (χ4v) is 9.34. The van der Waals surface area contributed by atoms with Crippen LogP contribution in [0.1, 0.15) is 133 Å². The van der Waals surface area contributed by atoms with Gasteiger partial charge in [0.1, 0.15) is 6.10 Å². The molecular formula is C34H54O6. The van der Waals surface area contributed by atoms with Crippen LogP contribution >= 0.6 is 0 Å². The van der Waals surface area contributed by atoms with Crippen molar-refractivity contribution in [1.29, 1.82) is 0 Å². The Morgan fingerprint density at radius 3 is 2.23 bits per heavy atom. The Labute approximate surface area is 242 Å². The molecule has 8 atom stereocenters. The van der Waals surface area contributed by atoms with Crippen LogP contribution in [0.5, 0.6) is 0 Å². The SMILES string of the molecule is CCCC(C)(C)OOC(C)(C)C#C[C@@]1(OC(C)=O)CC[C@H]2[C@@H]3CC[C@H]4C[C@H](OC(C)=O)CC[C@]4(C)[C@H]3CC[C@@]21C. The molecule has 0 radical (unpaired) electrons. The van der Waals surface area contributed by atoms with Gasteiger partial charge in [-0.3, -0.25) is 9.59 Å². The quantitative estimate of drug-likeness (QED) is 0.139. The molecule has 4 fully saturated rings. The number of fused-ring (bicyclic) bond motifs is 5. The number of hydrogen-bond acceptors (Lipinski definition) is 6. The molecule has 226 valence electrons. The van der Waals surface area contributed by atoms with Crippen molar-refractivity contribution < 1.29 is 28.8 Å². The smallest absolute Gasteiger partial charge is 0.304 e. The predicted molar refractivity (Wildman–Crippen MR) is 155 cm³/mol. The maximum atomic E-state index is 12.5. The fraction of sp³-hybridized carbons (Fsp3) is 0.882. The molecule has 0 N–H and O–H groups in total. The largest absolute Gasteiger partial charge is 0.463 e. The molecular weight excluding hydrogens is 504 g/mol. The summed E-state index contributed by atoms with van der Waals surface area (Å²) in [4.78, 5) is 35.8. The van der Waals surface area contributed by atoms with Crippen molar-refractivity contribution in [2.75, 3.05) is 0 Å². The van der Waals surface area contributed by atoms with Gasteiger partial charge >= 0.3 is 11.9 Å². The molecule has 0 aromatic carbocycles. The van der Waals surface area contributed by atoms with E-state index in [2.05, 4.69) is 32.6 Å².